The van der Waals surface area contributed by atoms with Gasteiger partial charge in [0.2, 0.25) is 0 Å². The molecule has 0 spiro atoms. The van der Waals surface area contributed by atoms with Crippen LogP contribution in [-0.4, -0.2) is 43.6 Å². The van der Waals surface area contributed by atoms with Crippen molar-refractivity contribution in [1.29, 1.82) is 0 Å². The van der Waals surface area contributed by atoms with E-state index in [9.17, 15) is 0 Å². The van der Waals surface area contributed by atoms with Gasteiger partial charge in [0.05, 0.1) is 13.2 Å². The van der Waals surface area contributed by atoms with Crippen LogP contribution in [0.3, 0.4) is 0 Å². The third kappa shape index (κ3) is 18.1. The van der Waals surface area contributed by atoms with Crippen LogP contribution in [0, 0.1) is 0 Å². The second-order valence-electron chi connectivity index (χ2n) is 1.20. The van der Waals surface area contributed by atoms with Crippen molar-refractivity contribution in [1.82, 2.24) is 5.32 Å². The monoisotopic (exact) mass is 136 g/mol. The Labute approximate surface area is 55.7 Å². The van der Waals surface area contributed by atoms with E-state index >= 15 is 0 Å². The molecule has 9 heavy (non-hydrogen) atoms. The summed E-state index contributed by atoms with van der Waals surface area (Å²) in [5.41, 5.74) is 4.50. The molecule has 58 valence electrons. The molecule has 0 radical (unpaired) electrons. The molecule has 0 rings (SSSR count). The molecule has 0 aromatic carbocycles. The van der Waals surface area contributed by atoms with Gasteiger partial charge in [-0.05, 0) is 7.05 Å². The molecule has 0 saturated heterocycles. The molecule has 0 saturated carbocycles. The third-order valence-electron chi connectivity index (χ3n) is 0.577. The van der Waals surface area contributed by atoms with Crippen molar-refractivity contribution in [2.75, 3.05) is 33.4 Å². The van der Waals surface area contributed by atoms with E-state index < -0.39 is 0 Å². The van der Waals surface area contributed by atoms with Crippen molar-refractivity contribution < 1.29 is 10.2 Å². The minimum absolute atomic E-state index is 0.139. The lowest BCUT2D eigenvalue weighted by Gasteiger charge is -1.94. The summed E-state index contributed by atoms with van der Waals surface area (Å²) >= 11 is 0. The molecule has 0 unspecified atom stereocenters. The zero-order valence-electron chi connectivity index (χ0n) is 5.80. The molecule has 0 bridgehead atoms. The second kappa shape index (κ2) is 15.7. The average Bonchev–Trinajstić information content (AvgIpc) is 1.94. The van der Waals surface area contributed by atoms with E-state index in [1.165, 1.54) is 7.05 Å². The Bertz CT molecular complexity index is 32.1. The molecule has 0 aliphatic carbocycles. The van der Waals surface area contributed by atoms with Gasteiger partial charge in [0.25, 0.3) is 0 Å². The second-order valence-corrected chi connectivity index (χ2v) is 1.20. The summed E-state index contributed by atoms with van der Waals surface area (Å²) in [5, 5.41) is 19.1. The van der Waals surface area contributed by atoms with Crippen LogP contribution in [0.2, 0.25) is 0 Å². The summed E-state index contributed by atoms with van der Waals surface area (Å²) < 4.78 is 0. The largest absolute Gasteiger partial charge is 0.395 e. The van der Waals surface area contributed by atoms with Gasteiger partial charge >= 0.3 is 0 Å². The molecule has 4 heteroatoms. The van der Waals surface area contributed by atoms with Gasteiger partial charge < -0.3 is 21.3 Å². The molecular formula is C5H16N2O2. The van der Waals surface area contributed by atoms with E-state index in [0.717, 1.165) is 0 Å². The highest BCUT2D eigenvalue weighted by Crippen LogP contribution is 1.54. The van der Waals surface area contributed by atoms with Gasteiger partial charge in [-0.3, -0.25) is 0 Å². The molecule has 0 aliphatic rings. The Morgan fingerprint density at radius 1 is 1.11 bits per heavy atom. The van der Waals surface area contributed by atoms with Gasteiger partial charge in [-0.25, -0.2) is 0 Å². The summed E-state index contributed by atoms with van der Waals surface area (Å²) in [4.78, 5) is 0. The van der Waals surface area contributed by atoms with Gasteiger partial charge in [-0.15, -0.1) is 0 Å². The van der Waals surface area contributed by atoms with E-state index in [4.69, 9.17) is 10.2 Å². The fourth-order valence-electron chi connectivity index (χ4n) is 0.283. The number of rotatable bonds is 4. The maximum Gasteiger partial charge on any atom is 0.0555 e. The molecule has 0 heterocycles. The quantitative estimate of drug-likeness (QED) is 0.342. The van der Waals surface area contributed by atoms with Crippen LogP contribution in [0.15, 0.2) is 0 Å². The fourth-order valence-corrected chi connectivity index (χ4v) is 0.283. The molecule has 4 nitrogen and oxygen atoms in total. The van der Waals surface area contributed by atoms with E-state index in [0.29, 0.717) is 13.1 Å². The van der Waals surface area contributed by atoms with E-state index in [-0.39, 0.29) is 13.2 Å². The first kappa shape index (κ1) is 11.6. The number of nitrogens with one attached hydrogen (secondary N) is 1. The van der Waals surface area contributed by atoms with Crippen molar-refractivity contribution in [2.24, 2.45) is 5.73 Å². The van der Waals surface area contributed by atoms with Gasteiger partial charge in [0, 0.05) is 13.1 Å². The van der Waals surface area contributed by atoms with Gasteiger partial charge in [0.1, 0.15) is 0 Å². The molecule has 0 atom stereocenters. The highest BCUT2D eigenvalue weighted by molar-refractivity contribution is 4.39. The lowest BCUT2D eigenvalue weighted by atomic mass is 10.6. The third-order valence-corrected chi connectivity index (χ3v) is 0.577. The molecule has 0 aromatic rings. The van der Waals surface area contributed by atoms with Crippen LogP contribution in [0.4, 0.5) is 0 Å². The predicted octanol–water partition coefficient (Wildman–Crippen LogP) is -1.86. The summed E-state index contributed by atoms with van der Waals surface area (Å²) in [6.45, 7) is 1.42. The first-order chi connectivity index (χ1) is 4.41. The maximum atomic E-state index is 8.15. The average molecular weight is 136 g/mol. The standard InChI is InChI=1S/C4H11NO2.CH5N/c6-3-1-5-2-4-7;1-2/h5-7H,1-4H2;2H2,1H3. The predicted molar refractivity (Wildman–Crippen MR) is 37.2 cm³/mol. The summed E-state index contributed by atoms with van der Waals surface area (Å²) in [6, 6.07) is 0. The lowest BCUT2D eigenvalue weighted by Crippen LogP contribution is -2.21. The van der Waals surface area contributed by atoms with Crippen molar-refractivity contribution >= 4 is 0 Å². The normalized spacial score (nSPS) is 8.00. The Morgan fingerprint density at radius 3 is 1.67 bits per heavy atom. The fraction of sp³-hybridized carbons (Fsp3) is 1.00. The number of hydrogen-bond acceptors (Lipinski definition) is 4. The number of aliphatic hydroxyl groups is 2. The minimum Gasteiger partial charge on any atom is -0.395 e. The first-order valence-corrected chi connectivity index (χ1v) is 2.92. The molecule has 5 N–H and O–H groups in total. The Morgan fingerprint density at radius 2 is 1.44 bits per heavy atom. The molecule has 0 amide bonds. The van der Waals surface area contributed by atoms with Crippen molar-refractivity contribution in [3.63, 3.8) is 0 Å². The van der Waals surface area contributed by atoms with Gasteiger partial charge in [0.15, 0.2) is 0 Å². The SMILES string of the molecule is CN.OCCNCCO. The van der Waals surface area contributed by atoms with Gasteiger partial charge in [-0.1, -0.05) is 0 Å². The van der Waals surface area contributed by atoms with Crippen LogP contribution in [0.5, 0.6) is 0 Å². The van der Waals surface area contributed by atoms with Crippen LogP contribution in [0.1, 0.15) is 0 Å². The minimum atomic E-state index is 0.139. The Balaban J connectivity index is 0. The molecule has 0 aliphatic heterocycles. The Hall–Kier alpha value is -0.160. The van der Waals surface area contributed by atoms with Crippen LogP contribution in [0.25, 0.3) is 0 Å². The number of nitrogens with two attached hydrogens (primary N) is 1. The zero-order valence-corrected chi connectivity index (χ0v) is 5.80. The van der Waals surface area contributed by atoms with Crippen molar-refractivity contribution in [3.05, 3.63) is 0 Å². The molecule has 0 fully saturated rings. The highest BCUT2D eigenvalue weighted by Gasteiger charge is 1.78. The molecule has 0 aromatic heterocycles. The Kier molecular flexibility index (Phi) is 20.2. The van der Waals surface area contributed by atoms with E-state index in [1.807, 2.05) is 0 Å². The van der Waals surface area contributed by atoms with Gasteiger partial charge in [-0.2, -0.15) is 0 Å². The number of aliphatic hydroxyl groups excluding tert-OH is 2. The van der Waals surface area contributed by atoms with Crippen molar-refractivity contribution in [2.45, 2.75) is 0 Å². The van der Waals surface area contributed by atoms with E-state index in [2.05, 4.69) is 11.1 Å². The summed E-state index contributed by atoms with van der Waals surface area (Å²) in [5.74, 6) is 0. The maximum absolute atomic E-state index is 8.15. The van der Waals surface area contributed by atoms with E-state index in [1.54, 1.807) is 0 Å². The molecular weight excluding hydrogens is 120 g/mol. The highest BCUT2D eigenvalue weighted by atomic mass is 16.3. The van der Waals surface area contributed by atoms with Crippen LogP contribution >= 0.6 is 0 Å². The lowest BCUT2D eigenvalue weighted by molar-refractivity contribution is 0.267. The smallest absolute Gasteiger partial charge is 0.0555 e. The summed E-state index contributed by atoms with van der Waals surface area (Å²) in [6.07, 6.45) is 0. The van der Waals surface area contributed by atoms with Crippen LogP contribution < -0.4 is 11.1 Å². The first-order valence-electron chi connectivity index (χ1n) is 2.92. The van der Waals surface area contributed by atoms with Crippen molar-refractivity contribution in [3.8, 4) is 0 Å². The van der Waals surface area contributed by atoms with Crippen LogP contribution in [-0.2, 0) is 0 Å². The number of hydrogen-bond donors (Lipinski definition) is 4. The topological polar surface area (TPSA) is 78.5 Å². The summed E-state index contributed by atoms with van der Waals surface area (Å²) in [7, 11) is 1.50. The zero-order chi connectivity index (χ0) is 7.54.